The number of carbonyl (C=O) groups excluding carboxylic acids is 3. The second kappa shape index (κ2) is 11.1. The minimum atomic E-state index is -0.913. The quantitative estimate of drug-likeness (QED) is 0.410. The molecule has 1 aliphatic rings. The Hall–Kier alpha value is -4.14. The molecule has 2 N–H and O–H groups in total. The van der Waals surface area contributed by atoms with E-state index in [1.54, 1.807) is 12.1 Å². The van der Waals surface area contributed by atoms with Crippen LogP contribution in [0.3, 0.4) is 0 Å². The number of ether oxygens (including phenoxy) is 2. The summed E-state index contributed by atoms with van der Waals surface area (Å²) in [4.78, 5) is 42.7. The van der Waals surface area contributed by atoms with E-state index in [4.69, 9.17) is 10.5 Å². The number of carbonyl (C=O) groups is 3. The summed E-state index contributed by atoms with van der Waals surface area (Å²) in [6.07, 6.45) is 4.02. The van der Waals surface area contributed by atoms with E-state index in [2.05, 4.69) is 53.4 Å². The number of benzene rings is 2. The zero-order chi connectivity index (χ0) is 27.4. The van der Waals surface area contributed by atoms with Gasteiger partial charge in [-0.2, -0.15) is 0 Å². The van der Waals surface area contributed by atoms with Gasteiger partial charge in [-0.15, -0.1) is 0 Å². The molecule has 1 atom stereocenters. The molecule has 9 heteroatoms. The van der Waals surface area contributed by atoms with Gasteiger partial charge in [-0.3, -0.25) is 14.4 Å². The van der Waals surface area contributed by atoms with Gasteiger partial charge in [0.05, 0.1) is 25.7 Å². The molecular formula is C29H34N4O5. The van der Waals surface area contributed by atoms with Gasteiger partial charge in [0.1, 0.15) is 18.4 Å². The van der Waals surface area contributed by atoms with E-state index in [9.17, 15) is 14.4 Å². The van der Waals surface area contributed by atoms with Crippen LogP contribution in [0.25, 0.3) is 0 Å². The maximum Gasteiger partial charge on any atom is 0.305 e. The van der Waals surface area contributed by atoms with Crippen LogP contribution in [0.4, 0.5) is 0 Å². The Morgan fingerprint density at radius 3 is 2.45 bits per heavy atom. The van der Waals surface area contributed by atoms with Gasteiger partial charge in [0.15, 0.2) is 0 Å². The zero-order valence-corrected chi connectivity index (χ0v) is 22.3. The summed E-state index contributed by atoms with van der Waals surface area (Å²) in [5.74, 6) is -0.859. The van der Waals surface area contributed by atoms with Crippen LogP contribution in [0.5, 0.6) is 5.75 Å². The number of methoxy groups -OCH3 is 1. The number of hydrogen-bond donors (Lipinski definition) is 1. The Kier molecular flexibility index (Phi) is 7.85. The molecule has 2 amide bonds. The zero-order valence-electron chi connectivity index (χ0n) is 22.3. The van der Waals surface area contributed by atoms with Crippen molar-refractivity contribution in [2.45, 2.75) is 64.8 Å². The first kappa shape index (κ1) is 26.9. The highest BCUT2D eigenvalue weighted by molar-refractivity contribution is 6.01. The summed E-state index contributed by atoms with van der Waals surface area (Å²) in [7, 11) is 1.28. The summed E-state index contributed by atoms with van der Waals surface area (Å²) in [5, 5.41) is 0. The third-order valence-corrected chi connectivity index (χ3v) is 6.69. The molecule has 0 bridgehead atoms. The van der Waals surface area contributed by atoms with Crippen molar-refractivity contribution < 1.29 is 23.9 Å². The lowest BCUT2D eigenvalue weighted by Gasteiger charge is -2.24. The van der Waals surface area contributed by atoms with E-state index in [0.717, 1.165) is 23.4 Å². The van der Waals surface area contributed by atoms with Crippen molar-refractivity contribution in [2.24, 2.45) is 5.73 Å². The number of nitrogens with two attached hydrogens (primary N) is 1. The molecule has 0 saturated heterocycles. The van der Waals surface area contributed by atoms with E-state index in [1.165, 1.54) is 12.0 Å². The number of esters is 1. The van der Waals surface area contributed by atoms with Gasteiger partial charge in [-0.25, -0.2) is 4.98 Å². The first-order valence-corrected chi connectivity index (χ1v) is 12.6. The Balaban J connectivity index is 1.40. The highest BCUT2D eigenvalue weighted by Gasteiger charge is 2.37. The molecule has 0 radical (unpaired) electrons. The molecule has 0 aliphatic carbocycles. The third-order valence-electron chi connectivity index (χ3n) is 6.69. The van der Waals surface area contributed by atoms with E-state index < -0.39 is 17.9 Å². The van der Waals surface area contributed by atoms with E-state index >= 15 is 0 Å². The number of rotatable bonds is 10. The molecule has 4 rings (SSSR count). The van der Waals surface area contributed by atoms with Crippen LogP contribution >= 0.6 is 0 Å². The number of imidazole rings is 1. The predicted molar refractivity (Wildman–Crippen MR) is 141 cm³/mol. The maximum absolute atomic E-state index is 13.1. The summed E-state index contributed by atoms with van der Waals surface area (Å²) in [6.45, 7) is 7.67. The Bertz CT molecular complexity index is 1320. The standard InChI is InChI=1S/C29H34N4O5/c1-29(2,3)25-16-32(18-31-25)14-19-8-10-20(11-9-19)17-38-24-7-5-6-21-22(24)15-33(28(21)36)23(27(30)35)12-13-26(34)37-4/h5-11,16,18,23H,12-15,17H2,1-4H3,(H2,30,35). The van der Waals surface area contributed by atoms with Crippen LogP contribution in [0.1, 0.15) is 66.4 Å². The second-order valence-corrected chi connectivity index (χ2v) is 10.5. The summed E-state index contributed by atoms with van der Waals surface area (Å²) in [5.41, 5.74) is 9.95. The van der Waals surface area contributed by atoms with Crippen LogP contribution in [-0.4, -0.2) is 45.4 Å². The predicted octanol–water partition coefficient (Wildman–Crippen LogP) is 3.57. The summed E-state index contributed by atoms with van der Waals surface area (Å²) >= 11 is 0. The van der Waals surface area contributed by atoms with Crippen molar-refractivity contribution in [2.75, 3.05) is 7.11 Å². The fraction of sp³-hybridized carbons (Fsp3) is 0.379. The van der Waals surface area contributed by atoms with Crippen LogP contribution in [-0.2, 0) is 39.4 Å². The number of aromatic nitrogens is 2. The molecule has 0 fully saturated rings. The molecule has 1 aromatic heterocycles. The number of primary amides is 1. The van der Waals surface area contributed by atoms with E-state index in [-0.39, 0.29) is 30.7 Å². The third kappa shape index (κ3) is 6.04. The van der Waals surface area contributed by atoms with Gasteiger partial charge in [0.2, 0.25) is 5.91 Å². The number of fused-ring (bicyclic) bond motifs is 1. The van der Waals surface area contributed by atoms with Crippen LogP contribution < -0.4 is 10.5 Å². The molecular weight excluding hydrogens is 484 g/mol. The Labute approximate surface area is 222 Å². The number of nitrogens with zero attached hydrogens (tertiary/aromatic N) is 3. The highest BCUT2D eigenvalue weighted by atomic mass is 16.5. The minimum absolute atomic E-state index is 0.00945. The van der Waals surface area contributed by atoms with Crippen molar-refractivity contribution >= 4 is 17.8 Å². The van der Waals surface area contributed by atoms with Crippen molar-refractivity contribution in [3.05, 3.63) is 82.9 Å². The topological polar surface area (TPSA) is 117 Å². The van der Waals surface area contributed by atoms with Crippen molar-refractivity contribution in [1.29, 1.82) is 0 Å². The fourth-order valence-corrected chi connectivity index (χ4v) is 4.47. The monoisotopic (exact) mass is 518 g/mol. The fourth-order valence-electron chi connectivity index (χ4n) is 4.47. The van der Waals surface area contributed by atoms with Gasteiger partial charge >= 0.3 is 5.97 Å². The van der Waals surface area contributed by atoms with Crippen LogP contribution in [0.15, 0.2) is 55.0 Å². The maximum atomic E-state index is 13.1. The molecule has 2 aromatic carbocycles. The van der Waals surface area contributed by atoms with Crippen molar-refractivity contribution in [1.82, 2.24) is 14.5 Å². The minimum Gasteiger partial charge on any atom is -0.489 e. The second-order valence-electron chi connectivity index (χ2n) is 10.5. The van der Waals surface area contributed by atoms with Crippen molar-refractivity contribution in [3.8, 4) is 5.75 Å². The summed E-state index contributed by atoms with van der Waals surface area (Å²) < 4.78 is 12.8. The van der Waals surface area contributed by atoms with Gasteiger partial charge in [0, 0.05) is 35.7 Å². The SMILES string of the molecule is COC(=O)CCC(C(N)=O)N1Cc2c(OCc3ccc(Cn4cnc(C(C)(C)C)c4)cc3)cccc2C1=O. The normalized spacial score (nSPS) is 13.8. The number of hydrogen-bond acceptors (Lipinski definition) is 6. The smallest absolute Gasteiger partial charge is 0.305 e. The van der Waals surface area contributed by atoms with Crippen LogP contribution in [0.2, 0.25) is 0 Å². The van der Waals surface area contributed by atoms with Gasteiger partial charge in [-0.05, 0) is 29.7 Å². The molecule has 9 nitrogen and oxygen atoms in total. The molecule has 3 aromatic rings. The average Bonchev–Trinajstić information content (AvgIpc) is 3.49. The molecule has 200 valence electrons. The van der Waals surface area contributed by atoms with Crippen LogP contribution in [0, 0.1) is 0 Å². The van der Waals surface area contributed by atoms with Gasteiger partial charge < -0.3 is 24.7 Å². The Morgan fingerprint density at radius 1 is 1.11 bits per heavy atom. The van der Waals surface area contributed by atoms with Crippen molar-refractivity contribution in [3.63, 3.8) is 0 Å². The van der Waals surface area contributed by atoms with Gasteiger partial charge in [-0.1, -0.05) is 51.1 Å². The first-order valence-electron chi connectivity index (χ1n) is 12.6. The molecule has 38 heavy (non-hydrogen) atoms. The first-order chi connectivity index (χ1) is 18.1. The van der Waals surface area contributed by atoms with E-state index in [0.29, 0.717) is 23.5 Å². The average molecular weight is 519 g/mol. The molecule has 0 spiro atoms. The lowest BCUT2D eigenvalue weighted by molar-refractivity contribution is -0.141. The van der Waals surface area contributed by atoms with Gasteiger partial charge in [0.25, 0.3) is 5.91 Å². The molecule has 1 unspecified atom stereocenters. The lowest BCUT2D eigenvalue weighted by Crippen LogP contribution is -2.45. The lowest BCUT2D eigenvalue weighted by atomic mass is 9.93. The highest BCUT2D eigenvalue weighted by Crippen LogP contribution is 2.33. The molecule has 2 heterocycles. The summed E-state index contributed by atoms with van der Waals surface area (Å²) in [6, 6.07) is 12.5. The Morgan fingerprint density at radius 2 is 1.82 bits per heavy atom. The molecule has 0 saturated carbocycles. The molecule has 1 aliphatic heterocycles. The largest absolute Gasteiger partial charge is 0.489 e. The van der Waals surface area contributed by atoms with E-state index in [1.807, 2.05) is 24.5 Å². The number of amides is 2.